The number of nitrogens with zero attached hydrogens (tertiary/aromatic N) is 2. The number of rotatable bonds is 11. The summed E-state index contributed by atoms with van der Waals surface area (Å²) in [6.07, 6.45) is -1.73. The van der Waals surface area contributed by atoms with Crippen molar-refractivity contribution in [2.75, 3.05) is 39.1 Å². The van der Waals surface area contributed by atoms with Gasteiger partial charge in [0.15, 0.2) is 11.5 Å². The molecule has 4 rings (SSSR count). The third-order valence-electron chi connectivity index (χ3n) is 6.49. The predicted molar refractivity (Wildman–Crippen MR) is 152 cm³/mol. The monoisotopic (exact) mass is 593 g/mol. The van der Waals surface area contributed by atoms with Crippen LogP contribution in [0.4, 0.5) is 15.3 Å². The normalized spacial score (nSPS) is 12.2. The Bertz CT molecular complexity index is 1430. The number of anilines is 1. The number of ether oxygens (including phenoxy) is 4. The van der Waals surface area contributed by atoms with Crippen molar-refractivity contribution >= 4 is 35.7 Å². The van der Waals surface area contributed by atoms with Crippen molar-refractivity contribution in [3.05, 3.63) is 65.2 Å². The topological polar surface area (TPSA) is 164 Å². The standard InChI is InChI=1S/C30H31N3O10/c1-4-39-29(37)42-25-19-13-11-18(12-14-20(19)26(24(25)31)43-30(38)40-5-2)17-23(34)32(3)41-16-8-15-33-27(35)21-9-6-7-10-22(21)28(33)36/h6-7,9-14H,4-5,8,15-17,31H2,1-3H3. The summed E-state index contributed by atoms with van der Waals surface area (Å²) < 4.78 is 20.3. The lowest BCUT2D eigenvalue weighted by Gasteiger charge is -2.18. The summed E-state index contributed by atoms with van der Waals surface area (Å²) in [7, 11) is 1.46. The van der Waals surface area contributed by atoms with Crippen molar-refractivity contribution in [3.8, 4) is 22.6 Å². The van der Waals surface area contributed by atoms with Gasteiger partial charge in [-0.15, -0.1) is 0 Å². The lowest BCUT2D eigenvalue weighted by atomic mass is 10.1. The molecule has 3 amide bonds. The zero-order valence-electron chi connectivity index (χ0n) is 23.9. The van der Waals surface area contributed by atoms with Crippen molar-refractivity contribution in [1.29, 1.82) is 0 Å². The molecule has 3 aliphatic rings. The van der Waals surface area contributed by atoms with E-state index in [1.807, 2.05) is 0 Å². The van der Waals surface area contributed by atoms with E-state index < -0.39 is 12.3 Å². The van der Waals surface area contributed by atoms with E-state index in [9.17, 15) is 24.0 Å². The molecular formula is C30H31N3O10. The molecule has 0 aromatic heterocycles. The van der Waals surface area contributed by atoms with Crippen LogP contribution in [0.2, 0.25) is 0 Å². The van der Waals surface area contributed by atoms with Crippen LogP contribution in [-0.4, -0.2) is 73.4 Å². The number of nitrogen functional groups attached to an aromatic ring is 1. The summed E-state index contributed by atoms with van der Waals surface area (Å²) in [5, 5.41) is 1.08. The molecule has 0 unspecified atom stereocenters. The second-order valence-corrected chi connectivity index (χ2v) is 9.27. The van der Waals surface area contributed by atoms with E-state index in [2.05, 4.69) is 0 Å². The molecule has 1 heterocycles. The molecule has 2 N–H and O–H groups in total. The van der Waals surface area contributed by atoms with Gasteiger partial charge in [0.1, 0.15) is 5.69 Å². The number of hydrogen-bond acceptors (Lipinski definition) is 11. The Hall–Kier alpha value is -5.17. The van der Waals surface area contributed by atoms with Gasteiger partial charge < -0.3 is 24.7 Å². The van der Waals surface area contributed by atoms with Crippen molar-refractivity contribution in [2.24, 2.45) is 0 Å². The second kappa shape index (κ2) is 13.7. The van der Waals surface area contributed by atoms with Crippen molar-refractivity contribution in [2.45, 2.75) is 26.7 Å². The first-order chi connectivity index (χ1) is 20.7. The Morgan fingerprint density at radius 2 is 1.30 bits per heavy atom. The van der Waals surface area contributed by atoms with Crippen LogP contribution in [0, 0.1) is 0 Å². The van der Waals surface area contributed by atoms with Gasteiger partial charge in [0, 0.05) is 24.7 Å². The number of fused-ring (bicyclic) bond motifs is 2. The zero-order valence-corrected chi connectivity index (χ0v) is 23.9. The molecule has 226 valence electrons. The van der Waals surface area contributed by atoms with Crippen LogP contribution in [0.3, 0.4) is 0 Å². The van der Waals surface area contributed by atoms with Gasteiger partial charge in [0.2, 0.25) is 5.91 Å². The molecule has 1 aromatic carbocycles. The van der Waals surface area contributed by atoms with Crippen LogP contribution in [0.5, 0.6) is 11.5 Å². The minimum Gasteiger partial charge on any atom is -0.434 e. The number of benzene rings is 1. The number of hydroxylamine groups is 2. The molecule has 1 aliphatic heterocycles. The summed E-state index contributed by atoms with van der Waals surface area (Å²) >= 11 is 0. The molecule has 0 bridgehead atoms. The van der Waals surface area contributed by atoms with E-state index in [1.165, 1.54) is 7.05 Å². The van der Waals surface area contributed by atoms with Gasteiger partial charge in [-0.25, -0.2) is 14.7 Å². The van der Waals surface area contributed by atoms with E-state index in [1.54, 1.807) is 62.4 Å². The smallest absolute Gasteiger partial charge is 0.434 e. The van der Waals surface area contributed by atoms with Gasteiger partial charge in [-0.2, -0.15) is 0 Å². The zero-order chi connectivity index (χ0) is 31.1. The maximum atomic E-state index is 12.9. The van der Waals surface area contributed by atoms with E-state index >= 15 is 0 Å². The van der Waals surface area contributed by atoms with Gasteiger partial charge in [-0.3, -0.25) is 24.1 Å². The molecule has 13 heteroatoms. The highest BCUT2D eigenvalue weighted by Crippen LogP contribution is 2.50. The van der Waals surface area contributed by atoms with E-state index in [0.29, 0.717) is 34.2 Å². The third kappa shape index (κ3) is 6.84. The van der Waals surface area contributed by atoms with Crippen LogP contribution in [0.15, 0.2) is 48.5 Å². The summed E-state index contributed by atoms with van der Waals surface area (Å²) in [5.74, 6) is -1.22. The Labute approximate surface area is 247 Å². The van der Waals surface area contributed by atoms with Crippen LogP contribution in [0.25, 0.3) is 11.1 Å². The maximum absolute atomic E-state index is 12.9. The first-order valence-corrected chi connectivity index (χ1v) is 13.5. The van der Waals surface area contributed by atoms with Crippen LogP contribution in [-0.2, 0) is 25.5 Å². The molecule has 0 spiro atoms. The van der Waals surface area contributed by atoms with E-state index in [4.69, 9.17) is 29.5 Å². The molecule has 13 nitrogen and oxygen atoms in total. The SMILES string of the molecule is CCOC(=O)Oc1c2ccc(CC(=O)N(C)OCCCN3C(=O)c4ccccc4C3=O)ccc-2c(OC(=O)OCC)c1N. The average Bonchev–Trinajstić information content (AvgIpc) is 3.24. The molecule has 0 saturated heterocycles. The quantitative estimate of drug-likeness (QED) is 0.148. The summed E-state index contributed by atoms with van der Waals surface area (Å²) in [6.45, 7) is 3.61. The van der Waals surface area contributed by atoms with Crippen LogP contribution < -0.4 is 15.2 Å². The molecule has 0 fully saturated rings. The molecule has 1 aromatic rings. The lowest BCUT2D eigenvalue weighted by Crippen LogP contribution is -2.33. The first kappa shape index (κ1) is 30.8. The second-order valence-electron chi connectivity index (χ2n) is 9.27. The van der Waals surface area contributed by atoms with Gasteiger partial charge in [-0.1, -0.05) is 36.4 Å². The third-order valence-corrected chi connectivity index (χ3v) is 6.49. The predicted octanol–water partition coefficient (Wildman–Crippen LogP) is 4.06. The summed E-state index contributed by atoms with van der Waals surface area (Å²) in [4.78, 5) is 68.6. The lowest BCUT2D eigenvalue weighted by molar-refractivity contribution is -0.177. The van der Waals surface area contributed by atoms with Gasteiger partial charge in [0.25, 0.3) is 11.8 Å². The summed E-state index contributed by atoms with van der Waals surface area (Å²) in [6, 6.07) is 13.0. The van der Waals surface area contributed by atoms with Crippen LogP contribution >= 0.6 is 0 Å². The van der Waals surface area contributed by atoms with Crippen LogP contribution in [0.1, 0.15) is 46.5 Å². The molecular weight excluding hydrogens is 562 g/mol. The highest BCUT2D eigenvalue weighted by atomic mass is 16.7. The van der Waals surface area contributed by atoms with Gasteiger partial charge in [-0.05, 0) is 38.0 Å². The Balaban J connectivity index is 1.40. The number of carbonyl (C=O) groups is 5. The largest absolute Gasteiger partial charge is 0.513 e. The highest BCUT2D eigenvalue weighted by Gasteiger charge is 2.34. The molecule has 43 heavy (non-hydrogen) atoms. The molecule has 0 saturated carbocycles. The minimum atomic E-state index is -0.993. The molecule has 0 radical (unpaired) electrons. The highest BCUT2D eigenvalue weighted by molar-refractivity contribution is 6.21. The minimum absolute atomic E-state index is 0.0657. The Morgan fingerprint density at radius 1 is 0.791 bits per heavy atom. The Morgan fingerprint density at radius 3 is 1.79 bits per heavy atom. The fourth-order valence-corrected chi connectivity index (χ4v) is 4.43. The van der Waals surface area contributed by atoms with Gasteiger partial charge in [0.05, 0.1) is 37.4 Å². The number of carbonyl (C=O) groups excluding carboxylic acids is 5. The van der Waals surface area contributed by atoms with Gasteiger partial charge >= 0.3 is 12.3 Å². The maximum Gasteiger partial charge on any atom is 0.513 e. The number of hydrogen-bond donors (Lipinski definition) is 1. The van der Waals surface area contributed by atoms with E-state index in [0.717, 1.165) is 9.96 Å². The fraction of sp³-hybridized carbons (Fsp3) is 0.300. The van der Waals surface area contributed by atoms with Crippen molar-refractivity contribution in [3.63, 3.8) is 0 Å². The van der Waals surface area contributed by atoms with Crippen molar-refractivity contribution < 1.29 is 47.8 Å². The number of imide groups is 1. The molecule has 2 aliphatic carbocycles. The average molecular weight is 594 g/mol. The fourth-order valence-electron chi connectivity index (χ4n) is 4.43. The van der Waals surface area contributed by atoms with Crippen molar-refractivity contribution in [1.82, 2.24) is 9.96 Å². The number of amides is 3. The number of likely N-dealkylation sites (N-methyl/N-ethyl adjacent to an activating group) is 1. The number of nitrogens with two attached hydrogens (primary N) is 1. The van der Waals surface area contributed by atoms with E-state index in [-0.39, 0.29) is 67.7 Å². The molecule has 0 atom stereocenters. The summed E-state index contributed by atoms with van der Waals surface area (Å²) in [5.41, 5.74) is 8.03. The Kier molecular flexibility index (Phi) is 9.78. The first-order valence-electron chi connectivity index (χ1n) is 13.5.